The highest BCUT2D eigenvalue weighted by Crippen LogP contribution is 2.32. The van der Waals surface area contributed by atoms with Crippen LogP contribution in [0.1, 0.15) is 21.7 Å². The van der Waals surface area contributed by atoms with E-state index in [2.05, 4.69) is 14.7 Å². The molecule has 2 N–H and O–H groups in total. The number of carbonyl (C=O) groups is 1. The second-order valence-electron chi connectivity index (χ2n) is 4.43. The summed E-state index contributed by atoms with van der Waals surface area (Å²) in [5, 5.41) is 13.0. The Morgan fingerprint density at radius 1 is 1.45 bits per heavy atom. The van der Waals surface area contributed by atoms with Crippen LogP contribution in [0.15, 0.2) is 27.5 Å². The molecule has 0 fully saturated rings. The lowest BCUT2D eigenvalue weighted by molar-refractivity contribution is -0.137. The third kappa shape index (κ3) is 3.27. The summed E-state index contributed by atoms with van der Waals surface area (Å²) in [6.07, 6.45) is -4.62. The molecule has 1 aromatic carbocycles. The van der Waals surface area contributed by atoms with Gasteiger partial charge < -0.3 is 10.0 Å². The van der Waals surface area contributed by atoms with E-state index in [4.69, 9.17) is 0 Å². The van der Waals surface area contributed by atoms with Crippen molar-refractivity contribution < 1.29 is 27.6 Å². The lowest BCUT2D eigenvalue weighted by Crippen LogP contribution is -2.27. The van der Waals surface area contributed by atoms with Crippen LogP contribution in [0.5, 0.6) is 5.75 Å². The summed E-state index contributed by atoms with van der Waals surface area (Å²) in [5.74, 6) is -2.27. The SMILES string of the molecule is CN(Cc1noc(=O)[nH]1)C(=O)c1ccc(C(F)(F)F)cc1O. The minimum Gasteiger partial charge on any atom is -0.507 e. The van der Waals surface area contributed by atoms with E-state index in [1.807, 2.05) is 0 Å². The number of phenolic OH excluding ortho intramolecular Hbond substituents is 1. The van der Waals surface area contributed by atoms with E-state index in [0.717, 1.165) is 11.0 Å². The highest BCUT2D eigenvalue weighted by Gasteiger charge is 2.31. The van der Waals surface area contributed by atoms with Gasteiger partial charge in [-0.2, -0.15) is 13.2 Å². The van der Waals surface area contributed by atoms with Crippen LogP contribution in [0.25, 0.3) is 0 Å². The van der Waals surface area contributed by atoms with E-state index in [-0.39, 0.29) is 17.9 Å². The van der Waals surface area contributed by atoms with Gasteiger partial charge in [0.25, 0.3) is 5.91 Å². The summed E-state index contributed by atoms with van der Waals surface area (Å²) >= 11 is 0. The van der Waals surface area contributed by atoms with E-state index < -0.39 is 29.2 Å². The van der Waals surface area contributed by atoms with Crippen molar-refractivity contribution in [1.82, 2.24) is 15.0 Å². The molecule has 0 aliphatic heterocycles. The molecule has 0 aliphatic carbocycles. The summed E-state index contributed by atoms with van der Waals surface area (Å²) in [4.78, 5) is 26.1. The lowest BCUT2D eigenvalue weighted by Gasteiger charge is -2.16. The van der Waals surface area contributed by atoms with Gasteiger partial charge in [-0.3, -0.25) is 14.3 Å². The molecule has 10 heteroatoms. The quantitative estimate of drug-likeness (QED) is 0.890. The maximum absolute atomic E-state index is 12.5. The van der Waals surface area contributed by atoms with Gasteiger partial charge in [-0.1, -0.05) is 5.16 Å². The maximum Gasteiger partial charge on any atom is 0.438 e. The van der Waals surface area contributed by atoms with Gasteiger partial charge in [0, 0.05) is 7.05 Å². The number of aromatic nitrogens is 2. The predicted molar refractivity (Wildman–Crippen MR) is 66.0 cm³/mol. The van der Waals surface area contributed by atoms with Crippen LogP contribution in [0.2, 0.25) is 0 Å². The molecule has 0 bridgehead atoms. The van der Waals surface area contributed by atoms with Gasteiger partial charge in [-0.25, -0.2) is 4.79 Å². The van der Waals surface area contributed by atoms with Gasteiger partial charge in [-0.15, -0.1) is 0 Å². The molecule has 2 rings (SSSR count). The first-order valence-electron chi connectivity index (χ1n) is 5.89. The second kappa shape index (κ2) is 5.54. The van der Waals surface area contributed by atoms with Crippen LogP contribution in [0.3, 0.4) is 0 Å². The summed E-state index contributed by atoms with van der Waals surface area (Å²) in [7, 11) is 1.33. The Labute approximate surface area is 121 Å². The number of phenols is 1. The topological polar surface area (TPSA) is 99.4 Å². The summed E-state index contributed by atoms with van der Waals surface area (Å²) in [5.41, 5.74) is -1.37. The van der Waals surface area contributed by atoms with Crippen molar-refractivity contribution in [3.05, 3.63) is 45.7 Å². The number of amides is 1. The number of carbonyl (C=O) groups excluding carboxylic acids is 1. The van der Waals surface area contributed by atoms with Crippen molar-refractivity contribution in [2.24, 2.45) is 0 Å². The van der Waals surface area contributed by atoms with Crippen LogP contribution in [-0.2, 0) is 12.7 Å². The highest BCUT2D eigenvalue weighted by atomic mass is 19.4. The number of hydrogen-bond acceptors (Lipinski definition) is 5. The van der Waals surface area contributed by atoms with Crippen molar-refractivity contribution >= 4 is 5.91 Å². The molecular weight excluding hydrogens is 307 g/mol. The number of hydrogen-bond donors (Lipinski definition) is 2. The van der Waals surface area contributed by atoms with Gasteiger partial charge in [-0.05, 0) is 18.2 Å². The molecule has 7 nitrogen and oxygen atoms in total. The monoisotopic (exact) mass is 317 g/mol. The Kier molecular flexibility index (Phi) is 3.93. The lowest BCUT2D eigenvalue weighted by atomic mass is 10.1. The van der Waals surface area contributed by atoms with Gasteiger partial charge in [0.2, 0.25) is 0 Å². The smallest absolute Gasteiger partial charge is 0.438 e. The number of rotatable bonds is 3. The largest absolute Gasteiger partial charge is 0.507 e. The fourth-order valence-corrected chi connectivity index (χ4v) is 1.72. The first-order valence-corrected chi connectivity index (χ1v) is 5.89. The average molecular weight is 317 g/mol. The first kappa shape index (κ1) is 15.6. The summed E-state index contributed by atoms with van der Waals surface area (Å²) in [6.45, 7) is -0.148. The number of nitrogens with zero attached hydrogens (tertiary/aromatic N) is 2. The Morgan fingerprint density at radius 3 is 2.64 bits per heavy atom. The molecule has 0 saturated carbocycles. The van der Waals surface area contributed by atoms with Crippen molar-refractivity contribution in [2.45, 2.75) is 12.7 Å². The van der Waals surface area contributed by atoms with E-state index in [1.54, 1.807) is 0 Å². The molecule has 22 heavy (non-hydrogen) atoms. The predicted octanol–water partition coefficient (Wildman–Crippen LogP) is 1.36. The molecule has 0 saturated heterocycles. The Bertz CT molecular complexity index is 751. The van der Waals surface area contributed by atoms with Crippen LogP contribution in [0, 0.1) is 0 Å². The maximum atomic E-state index is 12.5. The normalized spacial score (nSPS) is 11.5. The van der Waals surface area contributed by atoms with Gasteiger partial charge in [0.1, 0.15) is 5.75 Å². The van der Waals surface area contributed by atoms with Gasteiger partial charge in [0.15, 0.2) is 5.82 Å². The Hall–Kier alpha value is -2.78. The Balaban J connectivity index is 2.20. The van der Waals surface area contributed by atoms with Crippen LogP contribution < -0.4 is 5.76 Å². The number of aromatic hydroxyl groups is 1. The fourth-order valence-electron chi connectivity index (χ4n) is 1.72. The number of benzene rings is 1. The molecule has 118 valence electrons. The zero-order valence-electron chi connectivity index (χ0n) is 11.1. The van der Waals surface area contributed by atoms with E-state index in [1.165, 1.54) is 7.05 Å². The van der Waals surface area contributed by atoms with Crippen LogP contribution in [0.4, 0.5) is 13.2 Å². The molecule has 0 aliphatic rings. The zero-order valence-corrected chi connectivity index (χ0v) is 11.1. The number of H-pyrrole nitrogens is 1. The summed E-state index contributed by atoms with van der Waals surface area (Å²) < 4.78 is 41.7. The zero-order chi connectivity index (χ0) is 16.5. The Morgan fingerprint density at radius 2 is 2.14 bits per heavy atom. The third-order valence-electron chi connectivity index (χ3n) is 2.77. The van der Waals surface area contributed by atoms with Crippen LogP contribution >= 0.6 is 0 Å². The number of nitrogens with one attached hydrogen (secondary N) is 1. The molecule has 0 unspecified atom stereocenters. The number of aromatic amines is 1. The molecular formula is C12H10F3N3O4. The molecule has 0 atom stereocenters. The number of halogens is 3. The average Bonchev–Trinajstić information content (AvgIpc) is 2.82. The third-order valence-corrected chi connectivity index (χ3v) is 2.77. The molecule has 0 radical (unpaired) electrons. The molecule has 0 spiro atoms. The molecule has 1 amide bonds. The minimum atomic E-state index is -4.62. The number of alkyl halides is 3. The van der Waals surface area contributed by atoms with Crippen molar-refractivity contribution in [3.8, 4) is 5.75 Å². The highest BCUT2D eigenvalue weighted by molar-refractivity contribution is 5.96. The second-order valence-corrected chi connectivity index (χ2v) is 4.43. The first-order chi connectivity index (χ1) is 10.2. The summed E-state index contributed by atoms with van der Waals surface area (Å²) in [6, 6.07) is 2.04. The van der Waals surface area contributed by atoms with Crippen LogP contribution in [-0.4, -0.2) is 33.1 Å². The van der Waals surface area contributed by atoms with E-state index >= 15 is 0 Å². The van der Waals surface area contributed by atoms with Crippen molar-refractivity contribution in [3.63, 3.8) is 0 Å². The minimum absolute atomic E-state index is 0.0623. The van der Waals surface area contributed by atoms with Crippen molar-refractivity contribution in [1.29, 1.82) is 0 Å². The van der Waals surface area contributed by atoms with Gasteiger partial charge >= 0.3 is 11.9 Å². The van der Waals surface area contributed by atoms with Crippen molar-refractivity contribution in [2.75, 3.05) is 7.05 Å². The standard InChI is InChI=1S/C12H10F3N3O4/c1-18(5-9-16-11(21)22-17-9)10(20)7-3-2-6(4-8(7)19)12(13,14)15/h2-4,19H,5H2,1H3,(H,16,17,21). The van der Waals surface area contributed by atoms with Gasteiger partial charge in [0.05, 0.1) is 17.7 Å². The molecule has 2 aromatic rings. The molecule has 1 aromatic heterocycles. The molecule has 1 heterocycles. The fraction of sp³-hybridized carbons (Fsp3) is 0.250. The van der Waals surface area contributed by atoms with E-state index in [9.17, 15) is 27.9 Å². The van der Waals surface area contributed by atoms with E-state index in [0.29, 0.717) is 12.1 Å².